The lowest BCUT2D eigenvalue weighted by Gasteiger charge is -1.85. The number of amides is 1. The Morgan fingerprint density at radius 1 is 1.60 bits per heavy atom. The molecule has 0 aliphatic carbocycles. The average molecular weight is 143 g/mol. The van der Waals surface area contributed by atoms with Crippen LogP contribution in [0.15, 0.2) is 11.6 Å². The molecule has 3 heteroatoms. The maximum Gasteiger partial charge on any atom is 0.243 e. The molecule has 58 valence electrons. The molecule has 0 unspecified atom stereocenters. The Bertz CT molecular complexity index is 136. The number of primary amides is 1. The summed E-state index contributed by atoms with van der Waals surface area (Å²) in [5, 5.41) is 0. The standard InChI is InChI=1S/C5H9NO.C2H4O/c1-3-4(2)5(6)7;1-2-3-1/h3H,1-2H3,(H2,6,7);1-2H2. The highest BCUT2D eigenvalue weighted by Gasteiger charge is 1.94. The molecule has 0 atom stereocenters. The van der Waals surface area contributed by atoms with E-state index in [1.54, 1.807) is 19.9 Å². The topological polar surface area (TPSA) is 55.6 Å². The molecule has 0 aromatic rings. The fourth-order valence-corrected chi connectivity index (χ4v) is 0.142. The number of carbonyl (C=O) groups is 1. The molecule has 0 radical (unpaired) electrons. The largest absolute Gasteiger partial charge is 0.377 e. The van der Waals surface area contributed by atoms with Crippen molar-refractivity contribution in [2.45, 2.75) is 13.8 Å². The van der Waals surface area contributed by atoms with Crippen molar-refractivity contribution in [2.75, 3.05) is 13.2 Å². The molecule has 1 rings (SSSR count). The maximum atomic E-state index is 10.1. The molecule has 1 fully saturated rings. The van der Waals surface area contributed by atoms with E-state index in [0.29, 0.717) is 5.57 Å². The van der Waals surface area contributed by atoms with Crippen LogP contribution in [0, 0.1) is 0 Å². The van der Waals surface area contributed by atoms with Crippen LogP contribution in [0.5, 0.6) is 0 Å². The molecule has 0 aromatic heterocycles. The Kier molecular flexibility index (Phi) is 4.58. The summed E-state index contributed by atoms with van der Waals surface area (Å²) >= 11 is 0. The number of rotatable bonds is 1. The molecule has 1 aliphatic heterocycles. The monoisotopic (exact) mass is 143 g/mol. The third-order valence-electron chi connectivity index (χ3n) is 1.03. The Labute approximate surface area is 60.9 Å². The van der Waals surface area contributed by atoms with Gasteiger partial charge in [0.25, 0.3) is 0 Å². The number of nitrogens with two attached hydrogens (primary N) is 1. The van der Waals surface area contributed by atoms with Gasteiger partial charge in [-0.1, -0.05) is 6.08 Å². The van der Waals surface area contributed by atoms with E-state index >= 15 is 0 Å². The zero-order valence-electron chi connectivity index (χ0n) is 6.39. The van der Waals surface area contributed by atoms with Crippen LogP contribution in [-0.4, -0.2) is 19.1 Å². The van der Waals surface area contributed by atoms with Crippen molar-refractivity contribution in [3.8, 4) is 0 Å². The normalized spacial score (nSPS) is 15.2. The van der Waals surface area contributed by atoms with E-state index in [1.165, 1.54) is 0 Å². The summed E-state index contributed by atoms with van der Waals surface area (Å²) in [4.78, 5) is 10.1. The van der Waals surface area contributed by atoms with Gasteiger partial charge >= 0.3 is 0 Å². The summed E-state index contributed by atoms with van der Waals surface area (Å²) in [6.45, 7) is 5.46. The summed E-state index contributed by atoms with van der Waals surface area (Å²) in [5.74, 6) is -0.345. The molecule has 1 aliphatic rings. The zero-order valence-corrected chi connectivity index (χ0v) is 6.39. The van der Waals surface area contributed by atoms with Crippen molar-refractivity contribution in [1.29, 1.82) is 0 Å². The van der Waals surface area contributed by atoms with Crippen molar-refractivity contribution in [1.82, 2.24) is 0 Å². The number of hydrogen-bond donors (Lipinski definition) is 1. The predicted octanol–water partition coefficient (Wildman–Crippen LogP) is 0.455. The van der Waals surface area contributed by atoms with E-state index in [0.717, 1.165) is 13.2 Å². The minimum atomic E-state index is -0.345. The van der Waals surface area contributed by atoms with Crippen molar-refractivity contribution in [3.05, 3.63) is 11.6 Å². The fraction of sp³-hybridized carbons (Fsp3) is 0.571. The van der Waals surface area contributed by atoms with Crippen LogP contribution in [0.3, 0.4) is 0 Å². The van der Waals surface area contributed by atoms with Crippen LogP contribution in [0.1, 0.15) is 13.8 Å². The highest BCUT2D eigenvalue weighted by Crippen LogP contribution is 1.85. The maximum absolute atomic E-state index is 10.1. The SMILES string of the molecule is C1CO1.CC=C(C)C(N)=O. The molecular formula is C7H13NO2. The molecule has 1 amide bonds. The Balaban J connectivity index is 0.000000219. The lowest BCUT2D eigenvalue weighted by atomic mass is 10.3. The minimum absolute atomic E-state index is 0.345. The van der Waals surface area contributed by atoms with Gasteiger partial charge in [0.2, 0.25) is 5.91 Å². The van der Waals surface area contributed by atoms with E-state index in [4.69, 9.17) is 5.73 Å². The second kappa shape index (κ2) is 4.99. The quantitative estimate of drug-likeness (QED) is 0.428. The lowest BCUT2D eigenvalue weighted by molar-refractivity contribution is -0.114. The van der Waals surface area contributed by atoms with Crippen LogP contribution in [0.25, 0.3) is 0 Å². The van der Waals surface area contributed by atoms with Crippen LogP contribution in [0.4, 0.5) is 0 Å². The van der Waals surface area contributed by atoms with Gasteiger partial charge in [-0.15, -0.1) is 0 Å². The molecular weight excluding hydrogens is 130 g/mol. The van der Waals surface area contributed by atoms with E-state index in [2.05, 4.69) is 4.74 Å². The number of carbonyl (C=O) groups excluding carboxylic acids is 1. The smallest absolute Gasteiger partial charge is 0.243 e. The minimum Gasteiger partial charge on any atom is -0.377 e. The van der Waals surface area contributed by atoms with E-state index in [1.807, 2.05) is 0 Å². The molecule has 0 saturated carbocycles. The average Bonchev–Trinajstić information content (AvgIpc) is 2.70. The van der Waals surface area contributed by atoms with Gasteiger partial charge in [-0.2, -0.15) is 0 Å². The molecule has 2 N–H and O–H groups in total. The summed E-state index contributed by atoms with van der Waals surface area (Å²) in [7, 11) is 0. The molecule has 0 bridgehead atoms. The lowest BCUT2D eigenvalue weighted by Crippen LogP contribution is -2.10. The van der Waals surface area contributed by atoms with Crippen LogP contribution >= 0.6 is 0 Å². The fourth-order valence-electron chi connectivity index (χ4n) is 0.142. The first-order valence-corrected chi connectivity index (χ1v) is 3.19. The van der Waals surface area contributed by atoms with Crippen molar-refractivity contribution in [3.63, 3.8) is 0 Å². The van der Waals surface area contributed by atoms with Gasteiger partial charge in [-0.3, -0.25) is 4.79 Å². The molecule has 0 spiro atoms. The Morgan fingerprint density at radius 2 is 2.00 bits per heavy atom. The molecule has 1 saturated heterocycles. The second-order valence-corrected chi connectivity index (χ2v) is 1.95. The van der Waals surface area contributed by atoms with E-state index < -0.39 is 0 Å². The first-order chi connectivity index (χ1) is 4.68. The van der Waals surface area contributed by atoms with Crippen molar-refractivity contribution in [2.24, 2.45) is 5.73 Å². The zero-order chi connectivity index (χ0) is 7.98. The summed E-state index contributed by atoms with van der Waals surface area (Å²) in [5.41, 5.74) is 5.45. The highest BCUT2D eigenvalue weighted by atomic mass is 16.6. The van der Waals surface area contributed by atoms with E-state index in [-0.39, 0.29) is 5.91 Å². The van der Waals surface area contributed by atoms with Gasteiger partial charge in [-0.05, 0) is 13.8 Å². The van der Waals surface area contributed by atoms with Gasteiger partial charge in [0.05, 0.1) is 13.2 Å². The summed E-state index contributed by atoms with van der Waals surface area (Å²) in [6.07, 6.45) is 1.68. The number of ether oxygens (including phenoxy) is 1. The van der Waals surface area contributed by atoms with Gasteiger partial charge < -0.3 is 10.5 Å². The summed E-state index contributed by atoms with van der Waals surface area (Å²) < 4.78 is 4.50. The Hall–Kier alpha value is -0.830. The predicted molar refractivity (Wildman–Crippen MR) is 39.4 cm³/mol. The number of epoxide rings is 1. The first kappa shape index (κ1) is 9.17. The van der Waals surface area contributed by atoms with E-state index in [9.17, 15) is 4.79 Å². The molecule has 3 nitrogen and oxygen atoms in total. The van der Waals surface area contributed by atoms with Gasteiger partial charge in [0, 0.05) is 5.57 Å². The highest BCUT2D eigenvalue weighted by molar-refractivity contribution is 5.91. The van der Waals surface area contributed by atoms with Crippen LogP contribution in [0.2, 0.25) is 0 Å². The number of hydrogen-bond acceptors (Lipinski definition) is 2. The second-order valence-electron chi connectivity index (χ2n) is 1.95. The summed E-state index contributed by atoms with van der Waals surface area (Å²) in [6, 6.07) is 0. The third kappa shape index (κ3) is 7.17. The molecule has 10 heavy (non-hydrogen) atoms. The molecule has 0 aromatic carbocycles. The Morgan fingerprint density at radius 3 is 2.00 bits per heavy atom. The van der Waals surface area contributed by atoms with Gasteiger partial charge in [0.1, 0.15) is 0 Å². The van der Waals surface area contributed by atoms with Crippen molar-refractivity contribution >= 4 is 5.91 Å². The number of allylic oxidation sites excluding steroid dienone is 1. The third-order valence-corrected chi connectivity index (χ3v) is 1.03. The van der Waals surface area contributed by atoms with Gasteiger partial charge in [0.15, 0.2) is 0 Å². The van der Waals surface area contributed by atoms with Crippen LogP contribution < -0.4 is 5.73 Å². The van der Waals surface area contributed by atoms with Gasteiger partial charge in [-0.25, -0.2) is 0 Å². The first-order valence-electron chi connectivity index (χ1n) is 3.19. The molecule has 1 heterocycles. The van der Waals surface area contributed by atoms with Crippen LogP contribution in [-0.2, 0) is 9.53 Å². The van der Waals surface area contributed by atoms with Crippen molar-refractivity contribution < 1.29 is 9.53 Å².